The first-order valence-electron chi connectivity index (χ1n) is 10.5. The number of aromatic nitrogens is 2. The molecule has 1 saturated carbocycles. The van der Waals surface area contributed by atoms with Gasteiger partial charge in [0, 0.05) is 18.7 Å². The van der Waals surface area contributed by atoms with Gasteiger partial charge in [0.1, 0.15) is 11.4 Å². The Bertz CT molecular complexity index is 910. The molecule has 1 aliphatic heterocycles. The van der Waals surface area contributed by atoms with Crippen molar-refractivity contribution in [1.82, 2.24) is 14.5 Å². The van der Waals surface area contributed by atoms with E-state index in [1.165, 1.54) is 0 Å². The Kier molecular flexibility index (Phi) is 5.36. The van der Waals surface area contributed by atoms with E-state index >= 15 is 0 Å². The van der Waals surface area contributed by atoms with Gasteiger partial charge in [0.2, 0.25) is 6.43 Å². The van der Waals surface area contributed by atoms with Crippen LogP contribution in [0.3, 0.4) is 0 Å². The topological polar surface area (TPSA) is 56.1 Å². The molecule has 0 aromatic carbocycles. The third kappa shape index (κ3) is 4.37. The van der Waals surface area contributed by atoms with Crippen LogP contribution in [0.25, 0.3) is 5.52 Å². The summed E-state index contributed by atoms with van der Waals surface area (Å²) in [5.74, 6) is 0.852. The number of likely N-dealkylation sites (tertiary alicyclic amines) is 1. The number of piperidine rings is 1. The van der Waals surface area contributed by atoms with Gasteiger partial charge in [0.15, 0.2) is 0 Å². The molecule has 0 bridgehead atoms. The number of carbonyl (C=O) groups is 1. The Labute approximate surface area is 175 Å². The predicted molar refractivity (Wildman–Crippen MR) is 108 cm³/mol. The summed E-state index contributed by atoms with van der Waals surface area (Å²) in [5, 5.41) is 4.44. The third-order valence-corrected chi connectivity index (χ3v) is 5.99. The van der Waals surface area contributed by atoms with Crippen molar-refractivity contribution in [3.05, 3.63) is 30.1 Å². The molecule has 30 heavy (non-hydrogen) atoms. The van der Waals surface area contributed by atoms with E-state index in [2.05, 4.69) is 5.10 Å². The van der Waals surface area contributed by atoms with Crippen LogP contribution in [-0.4, -0.2) is 52.3 Å². The number of ether oxygens (including phenoxy) is 2. The monoisotopic (exact) mass is 421 g/mol. The Balaban J connectivity index is 1.38. The molecule has 2 fully saturated rings. The van der Waals surface area contributed by atoms with Crippen molar-refractivity contribution in [2.75, 3.05) is 19.7 Å². The molecular formula is C22H29F2N3O3. The van der Waals surface area contributed by atoms with Crippen LogP contribution in [0.1, 0.15) is 57.9 Å². The van der Waals surface area contributed by atoms with Crippen LogP contribution >= 0.6 is 0 Å². The van der Waals surface area contributed by atoms with Crippen molar-refractivity contribution in [3.8, 4) is 5.75 Å². The van der Waals surface area contributed by atoms with Crippen LogP contribution in [0.5, 0.6) is 5.75 Å². The number of alkyl halides is 2. The van der Waals surface area contributed by atoms with Crippen molar-refractivity contribution in [2.24, 2.45) is 5.41 Å². The molecule has 2 aliphatic rings. The molecule has 4 rings (SSSR count). The highest BCUT2D eigenvalue weighted by molar-refractivity contribution is 5.68. The van der Waals surface area contributed by atoms with Crippen molar-refractivity contribution in [2.45, 2.75) is 64.4 Å². The van der Waals surface area contributed by atoms with E-state index in [9.17, 15) is 13.6 Å². The summed E-state index contributed by atoms with van der Waals surface area (Å²) in [5.41, 5.74) is 0.654. The molecule has 6 nitrogen and oxygen atoms in total. The van der Waals surface area contributed by atoms with E-state index in [-0.39, 0.29) is 12.7 Å². The van der Waals surface area contributed by atoms with Crippen LogP contribution in [0.15, 0.2) is 24.5 Å². The van der Waals surface area contributed by atoms with Gasteiger partial charge in [-0.25, -0.2) is 18.1 Å². The molecule has 1 aliphatic carbocycles. The van der Waals surface area contributed by atoms with Gasteiger partial charge in [-0.1, -0.05) is 0 Å². The number of halogens is 2. The van der Waals surface area contributed by atoms with Crippen LogP contribution in [-0.2, 0) is 4.74 Å². The van der Waals surface area contributed by atoms with Crippen LogP contribution in [0.4, 0.5) is 13.6 Å². The molecule has 1 saturated heterocycles. The quantitative estimate of drug-likeness (QED) is 0.691. The summed E-state index contributed by atoms with van der Waals surface area (Å²) in [6, 6.07) is 3.75. The third-order valence-electron chi connectivity index (χ3n) is 5.99. The molecule has 2 aromatic rings. The number of carbonyl (C=O) groups excluding carboxylic acids is 1. The summed E-state index contributed by atoms with van der Waals surface area (Å²) in [4.78, 5) is 14.0. The van der Waals surface area contributed by atoms with Crippen molar-refractivity contribution in [1.29, 1.82) is 0 Å². The molecule has 1 amide bonds. The fourth-order valence-electron chi connectivity index (χ4n) is 3.90. The second-order valence-electron chi connectivity index (χ2n) is 9.49. The maximum absolute atomic E-state index is 13.1. The van der Waals surface area contributed by atoms with E-state index in [1.807, 2.05) is 39.1 Å². The number of nitrogens with zero attached hydrogens (tertiary/aromatic N) is 3. The van der Waals surface area contributed by atoms with Gasteiger partial charge in [-0.2, -0.15) is 5.10 Å². The van der Waals surface area contributed by atoms with E-state index in [4.69, 9.17) is 9.47 Å². The Morgan fingerprint density at radius 2 is 1.97 bits per heavy atom. The number of pyridine rings is 1. The standard InChI is InChI=1S/C22H29F2N3O3/c1-21(2,3)30-20(28)26-10-6-15(7-11-26)17-12-25-27-13-16(4-5-18(17)27)29-14-22(8-9-22)19(23)24/h4-5,12-13,15,19H,6-11,14H2,1-3H3. The minimum atomic E-state index is -2.34. The first-order chi connectivity index (χ1) is 14.2. The van der Waals surface area contributed by atoms with E-state index < -0.39 is 17.4 Å². The highest BCUT2D eigenvalue weighted by Crippen LogP contribution is 2.50. The normalized spacial score (nSPS) is 19.3. The highest BCUT2D eigenvalue weighted by atomic mass is 19.3. The average Bonchev–Trinajstić information content (AvgIpc) is 3.38. The Morgan fingerprint density at radius 1 is 1.27 bits per heavy atom. The summed E-state index contributed by atoms with van der Waals surface area (Å²) in [7, 11) is 0. The number of amides is 1. The van der Waals surface area contributed by atoms with Gasteiger partial charge in [-0.15, -0.1) is 0 Å². The molecule has 0 atom stereocenters. The fourth-order valence-corrected chi connectivity index (χ4v) is 3.90. The zero-order valence-electron chi connectivity index (χ0n) is 17.7. The second kappa shape index (κ2) is 7.71. The summed E-state index contributed by atoms with van der Waals surface area (Å²) in [6.07, 6.45) is 3.71. The fraction of sp³-hybridized carbons (Fsp3) is 0.636. The van der Waals surface area contributed by atoms with Gasteiger partial charge in [-0.3, -0.25) is 0 Å². The van der Waals surface area contributed by atoms with Crippen molar-refractivity contribution in [3.63, 3.8) is 0 Å². The maximum atomic E-state index is 13.1. The second-order valence-corrected chi connectivity index (χ2v) is 9.49. The van der Waals surface area contributed by atoms with Gasteiger partial charge in [0.25, 0.3) is 0 Å². The lowest BCUT2D eigenvalue weighted by atomic mass is 9.90. The number of fused-ring (bicyclic) bond motifs is 1. The minimum Gasteiger partial charge on any atom is -0.491 e. The number of hydrogen-bond donors (Lipinski definition) is 0. The molecule has 164 valence electrons. The summed E-state index contributed by atoms with van der Waals surface area (Å²) >= 11 is 0. The van der Waals surface area contributed by atoms with Gasteiger partial charge < -0.3 is 14.4 Å². The smallest absolute Gasteiger partial charge is 0.410 e. The van der Waals surface area contributed by atoms with E-state index in [0.29, 0.717) is 37.6 Å². The van der Waals surface area contributed by atoms with Crippen LogP contribution in [0.2, 0.25) is 0 Å². The SMILES string of the molecule is CC(C)(C)OC(=O)N1CCC(c2cnn3cc(OCC4(C(F)F)CC4)ccc23)CC1. The van der Waals surface area contributed by atoms with Gasteiger partial charge in [0.05, 0.1) is 29.9 Å². The first-order valence-corrected chi connectivity index (χ1v) is 10.5. The highest BCUT2D eigenvalue weighted by Gasteiger charge is 2.52. The summed E-state index contributed by atoms with van der Waals surface area (Å²) < 4.78 is 39.0. The molecule has 0 unspecified atom stereocenters. The van der Waals surface area contributed by atoms with Crippen molar-refractivity contribution < 1.29 is 23.0 Å². The molecular weight excluding hydrogens is 392 g/mol. The average molecular weight is 421 g/mol. The molecule has 0 spiro atoms. The van der Waals surface area contributed by atoms with Crippen LogP contribution in [0, 0.1) is 5.41 Å². The molecule has 0 N–H and O–H groups in total. The molecule has 8 heteroatoms. The molecule has 3 heterocycles. The Morgan fingerprint density at radius 3 is 2.57 bits per heavy atom. The minimum absolute atomic E-state index is 0.0351. The molecule has 2 aromatic heterocycles. The summed E-state index contributed by atoms with van der Waals surface area (Å²) in [6.45, 7) is 6.93. The number of hydrogen-bond acceptors (Lipinski definition) is 4. The largest absolute Gasteiger partial charge is 0.491 e. The maximum Gasteiger partial charge on any atom is 0.410 e. The number of rotatable bonds is 5. The van der Waals surface area contributed by atoms with Gasteiger partial charge >= 0.3 is 6.09 Å². The van der Waals surface area contributed by atoms with Crippen LogP contribution < -0.4 is 4.74 Å². The lowest BCUT2D eigenvalue weighted by Crippen LogP contribution is -2.41. The van der Waals surface area contributed by atoms with Gasteiger partial charge in [-0.05, 0) is 64.5 Å². The zero-order chi connectivity index (χ0) is 21.5. The molecule has 0 radical (unpaired) electrons. The first kappa shape index (κ1) is 20.9. The van der Waals surface area contributed by atoms with Crippen molar-refractivity contribution >= 4 is 11.6 Å². The zero-order valence-corrected chi connectivity index (χ0v) is 17.7. The Hall–Kier alpha value is -2.38. The predicted octanol–water partition coefficient (Wildman–Crippen LogP) is 4.87. The van der Waals surface area contributed by atoms with E-state index in [0.717, 1.165) is 23.9 Å². The lowest BCUT2D eigenvalue weighted by Gasteiger charge is -2.33. The van der Waals surface area contributed by atoms with E-state index in [1.54, 1.807) is 15.6 Å². The lowest BCUT2D eigenvalue weighted by molar-refractivity contribution is 0.0205.